The van der Waals surface area contributed by atoms with Gasteiger partial charge in [-0.25, -0.2) is 9.18 Å². The van der Waals surface area contributed by atoms with Crippen molar-refractivity contribution in [3.05, 3.63) is 66.5 Å². The van der Waals surface area contributed by atoms with Crippen LogP contribution in [-0.2, 0) is 20.7 Å². The summed E-state index contributed by atoms with van der Waals surface area (Å²) < 4.78 is 18.9. The van der Waals surface area contributed by atoms with Gasteiger partial charge in [-0.1, -0.05) is 18.7 Å². The van der Waals surface area contributed by atoms with E-state index in [2.05, 4.69) is 17.2 Å². The summed E-state index contributed by atoms with van der Waals surface area (Å²) in [5.41, 5.74) is 1.76. The number of rotatable bonds is 6. The van der Waals surface area contributed by atoms with Crippen LogP contribution in [0.15, 0.2) is 55.1 Å². The maximum absolute atomic E-state index is 14.0. The molecule has 8 heteroatoms. The summed E-state index contributed by atoms with van der Waals surface area (Å²) in [5.74, 6) is -1.20. The second-order valence-corrected chi connectivity index (χ2v) is 6.05. The van der Waals surface area contributed by atoms with Gasteiger partial charge in [-0.15, -0.1) is 0 Å². The van der Waals surface area contributed by atoms with Gasteiger partial charge in [0.1, 0.15) is 12.4 Å². The lowest BCUT2D eigenvalue weighted by molar-refractivity contribution is -0.115. The van der Waals surface area contributed by atoms with Crippen LogP contribution >= 0.6 is 0 Å². The van der Waals surface area contributed by atoms with Crippen molar-refractivity contribution in [3.8, 4) is 0 Å². The predicted molar refractivity (Wildman–Crippen MR) is 103 cm³/mol. The Balaban J connectivity index is 1.64. The molecule has 0 aromatic heterocycles. The van der Waals surface area contributed by atoms with Crippen LogP contribution in [0, 0.1) is 5.82 Å². The Kier molecular flexibility index (Phi) is 5.69. The lowest BCUT2D eigenvalue weighted by atomic mass is 10.1. The maximum atomic E-state index is 14.0. The van der Waals surface area contributed by atoms with E-state index < -0.39 is 11.9 Å². The minimum atomic E-state index is -0.619. The average Bonchev–Trinajstić information content (AvgIpc) is 3.10. The normalized spacial score (nSPS) is 13.0. The monoisotopic (exact) mass is 383 g/mol. The van der Waals surface area contributed by atoms with Crippen LogP contribution in [0.4, 0.5) is 26.2 Å². The zero-order chi connectivity index (χ0) is 20.1. The molecule has 0 atom stereocenters. The zero-order valence-electron chi connectivity index (χ0n) is 14.9. The molecule has 1 aliphatic rings. The van der Waals surface area contributed by atoms with Crippen molar-refractivity contribution >= 4 is 35.0 Å². The number of hydrogen-bond acceptors (Lipinski definition) is 4. The summed E-state index contributed by atoms with van der Waals surface area (Å²) >= 11 is 0. The van der Waals surface area contributed by atoms with Crippen LogP contribution in [0.3, 0.4) is 0 Å². The van der Waals surface area contributed by atoms with Gasteiger partial charge in [-0.2, -0.15) is 0 Å². The quantitative estimate of drug-likeness (QED) is 0.751. The van der Waals surface area contributed by atoms with Crippen LogP contribution in [0.2, 0.25) is 0 Å². The molecular formula is C20H18FN3O4. The highest BCUT2D eigenvalue weighted by Gasteiger charge is 2.26. The fourth-order valence-corrected chi connectivity index (χ4v) is 2.70. The van der Waals surface area contributed by atoms with E-state index in [1.165, 1.54) is 29.2 Å². The van der Waals surface area contributed by atoms with Gasteiger partial charge in [-0.05, 0) is 42.0 Å². The van der Waals surface area contributed by atoms with E-state index in [0.717, 1.165) is 5.56 Å². The molecule has 0 saturated carbocycles. The van der Waals surface area contributed by atoms with Crippen molar-refractivity contribution in [2.24, 2.45) is 0 Å². The molecule has 3 amide bonds. The van der Waals surface area contributed by atoms with E-state index in [1.807, 2.05) is 0 Å². The Hall–Kier alpha value is -3.68. The molecule has 28 heavy (non-hydrogen) atoms. The van der Waals surface area contributed by atoms with Gasteiger partial charge in [0.25, 0.3) is 0 Å². The van der Waals surface area contributed by atoms with Crippen LogP contribution in [0.5, 0.6) is 0 Å². The van der Waals surface area contributed by atoms with Crippen molar-refractivity contribution < 1.29 is 23.5 Å². The van der Waals surface area contributed by atoms with E-state index in [0.29, 0.717) is 11.4 Å². The van der Waals surface area contributed by atoms with Gasteiger partial charge in [0.05, 0.1) is 18.7 Å². The Morgan fingerprint density at radius 1 is 1.14 bits per heavy atom. The van der Waals surface area contributed by atoms with Crippen LogP contribution in [-0.4, -0.2) is 31.1 Å². The number of benzene rings is 2. The minimum absolute atomic E-state index is 0.0580. The summed E-state index contributed by atoms with van der Waals surface area (Å²) in [6, 6.07) is 10.8. The fraction of sp³-hybridized carbons (Fsp3) is 0.150. The SMILES string of the molecule is C=CC(=O)Nc1ccc(CC(=O)Nc2ccc(F)c(N3CCOC3=O)c2)cc1. The number of cyclic esters (lactones) is 1. The molecule has 1 heterocycles. The highest BCUT2D eigenvalue weighted by atomic mass is 19.1. The molecule has 7 nitrogen and oxygen atoms in total. The Morgan fingerprint density at radius 2 is 1.86 bits per heavy atom. The molecule has 2 aromatic carbocycles. The summed E-state index contributed by atoms with van der Waals surface area (Å²) in [6.45, 7) is 3.82. The number of hydrogen-bond donors (Lipinski definition) is 2. The van der Waals surface area contributed by atoms with Gasteiger partial charge in [0, 0.05) is 11.4 Å². The smallest absolute Gasteiger partial charge is 0.414 e. The summed E-state index contributed by atoms with van der Waals surface area (Å²) in [4.78, 5) is 36.4. The van der Waals surface area contributed by atoms with Crippen LogP contribution < -0.4 is 15.5 Å². The van der Waals surface area contributed by atoms with Gasteiger partial charge in [-0.3, -0.25) is 14.5 Å². The molecule has 2 aromatic rings. The number of nitrogens with zero attached hydrogens (tertiary/aromatic N) is 1. The highest BCUT2D eigenvalue weighted by molar-refractivity contribution is 5.99. The first-order valence-corrected chi connectivity index (χ1v) is 8.52. The van der Waals surface area contributed by atoms with Gasteiger partial charge in [0.2, 0.25) is 11.8 Å². The van der Waals surface area contributed by atoms with Crippen molar-refractivity contribution in [3.63, 3.8) is 0 Å². The van der Waals surface area contributed by atoms with E-state index in [9.17, 15) is 18.8 Å². The summed E-state index contributed by atoms with van der Waals surface area (Å²) in [7, 11) is 0. The molecule has 3 rings (SSSR count). The summed E-state index contributed by atoms with van der Waals surface area (Å²) in [5, 5.41) is 5.30. The first kappa shape index (κ1) is 19.1. The number of amides is 3. The van der Waals surface area contributed by atoms with Crippen molar-refractivity contribution in [2.75, 3.05) is 28.7 Å². The Morgan fingerprint density at radius 3 is 2.50 bits per heavy atom. The molecule has 2 N–H and O–H groups in total. The molecule has 0 spiro atoms. The number of carbonyl (C=O) groups is 3. The van der Waals surface area contributed by atoms with E-state index in [4.69, 9.17) is 4.74 Å². The van der Waals surface area contributed by atoms with Gasteiger partial charge < -0.3 is 15.4 Å². The topological polar surface area (TPSA) is 87.7 Å². The maximum Gasteiger partial charge on any atom is 0.414 e. The molecule has 1 aliphatic heterocycles. The summed E-state index contributed by atoms with van der Waals surface area (Å²) in [6.07, 6.45) is 0.639. The molecule has 0 bridgehead atoms. The molecule has 144 valence electrons. The number of nitrogens with one attached hydrogen (secondary N) is 2. The Labute approximate surface area is 160 Å². The minimum Gasteiger partial charge on any atom is -0.447 e. The molecular weight excluding hydrogens is 365 g/mol. The molecule has 0 unspecified atom stereocenters. The van der Waals surface area contributed by atoms with Crippen molar-refractivity contribution in [1.29, 1.82) is 0 Å². The van der Waals surface area contributed by atoms with Crippen molar-refractivity contribution in [2.45, 2.75) is 6.42 Å². The van der Waals surface area contributed by atoms with E-state index in [-0.39, 0.29) is 37.1 Å². The second kappa shape index (κ2) is 8.34. The third-order valence-corrected chi connectivity index (χ3v) is 4.05. The number of halogens is 1. The highest BCUT2D eigenvalue weighted by Crippen LogP contribution is 2.26. The van der Waals surface area contributed by atoms with Crippen LogP contribution in [0.1, 0.15) is 5.56 Å². The number of carbonyl (C=O) groups excluding carboxylic acids is 3. The molecule has 0 aliphatic carbocycles. The number of anilines is 3. The predicted octanol–water partition coefficient (Wildman–Crippen LogP) is 3.09. The van der Waals surface area contributed by atoms with Gasteiger partial charge in [0.15, 0.2) is 0 Å². The third kappa shape index (κ3) is 4.53. The van der Waals surface area contributed by atoms with Crippen LogP contribution in [0.25, 0.3) is 0 Å². The standard InChI is InChI=1S/C20H18FN3O4/c1-2-18(25)22-14-5-3-13(4-6-14)11-19(26)23-15-7-8-16(21)17(12-15)24-9-10-28-20(24)27/h2-8,12H,1,9-11H2,(H,22,25)(H,23,26). The second-order valence-electron chi connectivity index (χ2n) is 6.05. The van der Waals surface area contributed by atoms with Crippen molar-refractivity contribution in [1.82, 2.24) is 0 Å². The van der Waals surface area contributed by atoms with E-state index >= 15 is 0 Å². The first-order valence-electron chi connectivity index (χ1n) is 8.52. The molecule has 1 saturated heterocycles. The molecule has 1 fully saturated rings. The fourth-order valence-electron chi connectivity index (χ4n) is 2.70. The molecule has 0 radical (unpaired) electrons. The Bertz CT molecular complexity index is 928. The zero-order valence-corrected chi connectivity index (χ0v) is 14.9. The average molecular weight is 383 g/mol. The number of ether oxygens (including phenoxy) is 1. The lowest BCUT2D eigenvalue weighted by Gasteiger charge is -2.15. The largest absolute Gasteiger partial charge is 0.447 e. The van der Waals surface area contributed by atoms with Gasteiger partial charge >= 0.3 is 6.09 Å². The van der Waals surface area contributed by atoms with E-state index in [1.54, 1.807) is 24.3 Å². The third-order valence-electron chi connectivity index (χ3n) is 4.05. The lowest BCUT2D eigenvalue weighted by Crippen LogP contribution is -2.24. The first-order chi connectivity index (χ1) is 13.5.